The first-order chi connectivity index (χ1) is 18.9. The molecular formula is C31H35N3O4S. The van der Waals surface area contributed by atoms with Crippen LogP contribution in [0.2, 0.25) is 0 Å². The number of benzene rings is 3. The Morgan fingerprint density at radius 3 is 2.33 bits per heavy atom. The summed E-state index contributed by atoms with van der Waals surface area (Å²) in [5, 5.41) is 14.2. The van der Waals surface area contributed by atoms with Crippen LogP contribution in [0.25, 0.3) is 0 Å². The number of non-ortho nitro benzene ring substituents is 1. The van der Waals surface area contributed by atoms with E-state index in [2.05, 4.69) is 11.4 Å². The molecule has 0 aromatic heterocycles. The lowest BCUT2D eigenvalue weighted by Gasteiger charge is -2.32. The molecule has 3 aromatic carbocycles. The van der Waals surface area contributed by atoms with Gasteiger partial charge in [-0.2, -0.15) is 0 Å². The van der Waals surface area contributed by atoms with Crippen molar-refractivity contribution in [3.63, 3.8) is 0 Å². The maximum Gasteiger partial charge on any atom is 0.269 e. The van der Waals surface area contributed by atoms with E-state index in [1.165, 1.54) is 23.9 Å². The molecule has 0 heterocycles. The Kier molecular flexibility index (Phi) is 10.1. The van der Waals surface area contributed by atoms with Crippen LogP contribution in [0.3, 0.4) is 0 Å². The van der Waals surface area contributed by atoms with Crippen molar-refractivity contribution in [1.82, 2.24) is 10.2 Å². The van der Waals surface area contributed by atoms with Gasteiger partial charge in [-0.05, 0) is 36.5 Å². The summed E-state index contributed by atoms with van der Waals surface area (Å²) < 4.78 is 0. The molecule has 0 aliphatic heterocycles. The molecule has 39 heavy (non-hydrogen) atoms. The first kappa shape index (κ1) is 28.4. The van der Waals surface area contributed by atoms with Crippen LogP contribution in [-0.2, 0) is 28.3 Å². The van der Waals surface area contributed by atoms with Crippen molar-refractivity contribution in [2.75, 3.05) is 5.75 Å². The third kappa shape index (κ3) is 8.42. The van der Waals surface area contributed by atoms with E-state index < -0.39 is 11.0 Å². The molecule has 0 unspecified atom stereocenters. The molecule has 7 nitrogen and oxygen atoms in total. The molecule has 204 valence electrons. The van der Waals surface area contributed by atoms with Gasteiger partial charge < -0.3 is 10.2 Å². The van der Waals surface area contributed by atoms with Gasteiger partial charge in [0.05, 0.1) is 10.7 Å². The minimum Gasteiger partial charge on any atom is -0.352 e. The number of rotatable bonds is 12. The van der Waals surface area contributed by atoms with Crippen LogP contribution in [0.1, 0.15) is 47.9 Å². The minimum atomic E-state index is -0.638. The molecule has 1 fully saturated rings. The third-order valence-corrected chi connectivity index (χ3v) is 8.04. The molecule has 0 spiro atoms. The van der Waals surface area contributed by atoms with Crippen molar-refractivity contribution < 1.29 is 14.5 Å². The second-order valence-electron chi connectivity index (χ2n) is 10.1. The molecule has 1 saturated carbocycles. The highest BCUT2D eigenvalue weighted by molar-refractivity contribution is 7.99. The number of nitrogens with zero attached hydrogens (tertiary/aromatic N) is 2. The van der Waals surface area contributed by atoms with Gasteiger partial charge >= 0.3 is 0 Å². The van der Waals surface area contributed by atoms with Gasteiger partial charge in [0.25, 0.3) is 5.69 Å². The fourth-order valence-electron chi connectivity index (χ4n) is 4.98. The summed E-state index contributed by atoms with van der Waals surface area (Å²) in [6, 6.07) is 23.8. The highest BCUT2D eigenvalue weighted by Crippen LogP contribution is 2.22. The number of nitro benzene ring substituents is 1. The molecule has 0 radical (unpaired) electrons. The summed E-state index contributed by atoms with van der Waals surface area (Å²) in [6.07, 6.45) is 4.60. The quantitative estimate of drug-likeness (QED) is 0.228. The summed E-state index contributed by atoms with van der Waals surface area (Å²) in [5.74, 6) is 0.530. The number of carbonyl (C=O) groups excluding carboxylic acids is 2. The number of hydrogen-bond donors (Lipinski definition) is 1. The van der Waals surface area contributed by atoms with E-state index in [1.807, 2.05) is 55.5 Å². The molecule has 3 aromatic rings. The fourth-order valence-corrected chi connectivity index (χ4v) is 5.85. The summed E-state index contributed by atoms with van der Waals surface area (Å²) >= 11 is 1.45. The van der Waals surface area contributed by atoms with Crippen molar-refractivity contribution in [2.45, 2.75) is 63.4 Å². The standard InChI is InChI=1S/C31H35N3O4S/c1-23-8-7-11-26(18-23)20-33(30(35)22-39-21-25-14-16-28(17-15-25)34(37)38)29(19-24-9-3-2-4-10-24)31(36)32-27-12-5-6-13-27/h2-4,7-11,14-18,27,29H,5-6,12-13,19-22H2,1H3,(H,32,36)/t29-/m0/s1. The van der Waals surface area contributed by atoms with Gasteiger partial charge in [-0.25, -0.2) is 0 Å². The largest absolute Gasteiger partial charge is 0.352 e. The van der Waals surface area contributed by atoms with Crippen molar-refractivity contribution in [1.29, 1.82) is 0 Å². The molecule has 1 aliphatic carbocycles. The zero-order valence-corrected chi connectivity index (χ0v) is 23.1. The normalized spacial score (nSPS) is 14.1. The molecule has 2 amide bonds. The van der Waals surface area contributed by atoms with E-state index >= 15 is 0 Å². The monoisotopic (exact) mass is 545 g/mol. The van der Waals surface area contributed by atoms with Gasteiger partial charge in [-0.3, -0.25) is 19.7 Å². The van der Waals surface area contributed by atoms with Gasteiger partial charge in [0.2, 0.25) is 11.8 Å². The van der Waals surface area contributed by atoms with E-state index in [-0.39, 0.29) is 29.3 Å². The fraction of sp³-hybridized carbons (Fsp3) is 0.355. The number of nitrogens with one attached hydrogen (secondary N) is 1. The Morgan fingerprint density at radius 1 is 0.974 bits per heavy atom. The van der Waals surface area contributed by atoms with Crippen LogP contribution in [0.5, 0.6) is 0 Å². The summed E-state index contributed by atoms with van der Waals surface area (Å²) in [7, 11) is 0. The van der Waals surface area contributed by atoms with Crippen molar-refractivity contribution in [3.05, 3.63) is 111 Å². The molecule has 8 heteroatoms. The van der Waals surface area contributed by atoms with E-state index in [0.29, 0.717) is 18.7 Å². The zero-order valence-electron chi connectivity index (χ0n) is 22.3. The smallest absolute Gasteiger partial charge is 0.269 e. The number of nitro groups is 1. The predicted octanol–water partition coefficient (Wildman–Crippen LogP) is 5.84. The van der Waals surface area contributed by atoms with Gasteiger partial charge in [-0.15, -0.1) is 11.8 Å². The second-order valence-corrected chi connectivity index (χ2v) is 11.1. The molecule has 4 rings (SSSR count). The second kappa shape index (κ2) is 13.9. The number of hydrogen-bond acceptors (Lipinski definition) is 5. The Hall–Kier alpha value is -3.65. The van der Waals surface area contributed by atoms with Crippen LogP contribution in [0.4, 0.5) is 5.69 Å². The van der Waals surface area contributed by atoms with Gasteiger partial charge in [0.1, 0.15) is 6.04 Å². The van der Waals surface area contributed by atoms with E-state index in [1.54, 1.807) is 17.0 Å². The number of thioether (sulfide) groups is 1. The topological polar surface area (TPSA) is 92.6 Å². The van der Waals surface area contributed by atoms with Crippen LogP contribution in [-0.4, -0.2) is 39.5 Å². The highest BCUT2D eigenvalue weighted by atomic mass is 32.2. The summed E-state index contributed by atoms with van der Waals surface area (Å²) in [4.78, 5) is 39.7. The third-order valence-electron chi connectivity index (χ3n) is 7.05. The average Bonchev–Trinajstić information content (AvgIpc) is 3.44. The Labute approximate surface area is 234 Å². The molecular weight excluding hydrogens is 510 g/mol. The van der Waals surface area contributed by atoms with Crippen LogP contribution < -0.4 is 5.32 Å². The highest BCUT2D eigenvalue weighted by Gasteiger charge is 2.32. The lowest BCUT2D eigenvalue weighted by molar-refractivity contribution is -0.384. The van der Waals surface area contributed by atoms with Crippen molar-refractivity contribution in [3.8, 4) is 0 Å². The first-order valence-corrected chi connectivity index (χ1v) is 14.5. The minimum absolute atomic E-state index is 0.0428. The summed E-state index contributed by atoms with van der Waals surface area (Å²) in [5.41, 5.74) is 4.03. The number of aryl methyl sites for hydroxylation is 1. The number of amides is 2. The van der Waals surface area contributed by atoms with Crippen molar-refractivity contribution in [2.24, 2.45) is 0 Å². The van der Waals surface area contributed by atoms with Crippen LogP contribution >= 0.6 is 11.8 Å². The average molecular weight is 546 g/mol. The predicted molar refractivity (Wildman–Crippen MR) is 155 cm³/mol. The van der Waals surface area contributed by atoms with Crippen LogP contribution in [0.15, 0.2) is 78.9 Å². The molecule has 1 N–H and O–H groups in total. The molecule has 1 atom stereocenters. The number of carbonyl (C=O) groups is 2. The molecule has 0 saturated heterocycles. The maximum atomic E-state index is 13.8. The lowest BCUT2D eigenvalue weighted by Crippen LogP contribution is -2.52. The molecule has 1 aliphatic rings. The maximum absolute atomic E-state index is 13.8. The van der Waals surface area contributed by atoms with Gasteiger partial charge in [0, 0.05) is 36.9 Å². The van der Waals surface area contributed by atoms with E-state index in [0.717, 1.165) is 47.9 Å². The van der Waals surface area contributed by atoms with E-state index in [4.69, 9.17) is 0 Å². The Balaban J connectivity index is 1.54. The van der Waals surface area contributed by atoms with Crippen molar-refractivity contribution >= 4 is 29.3 Å². The Bertz CT molecular complexity index is 1260. The van der Waals surface area contributed by atoms with Gasteiger partial charge in [0.15, 0.2) is 0 Å². The molecule has 0 bridgehead atoms. The van der Waals surface area contributed by atoms with Gasteiger partial charge in [-0.1, -0.05) is 85.1 Å². The summed E-state index contributed by atoms with van der Waals surface area (Å²) in [6.45, 7) is 2.36. The lowest BCUT2D eigenvalue weighted by atomic mass is 10.0. The first-order valence-electron chi connectivity index (χ1n) is 13.4. The van der Waals surface area contributed by atoms with Crippen LogP contribution in [0, 0.1) is 17.0 Å². The SMILES string of the molecule is Cc1cccc(CN(C(=O)CSCc2ccc([N+](=O)[O-])cc2)[C@@H](Cc2ccccc2)C(=O)NC2CCCC2)c1. The zero-order chi connectivity index (χ0) is 27.6. The van der Waals surface area contributed by atoms with E-state index in [9.17, 15) is 19.7 Å². The Morgan fingerprint density at radius 2 is 1.67 bits per heavy atom.